The Kier molecular flexibility index (Phi) is 4.66. The van der Waals surface area contributed by atoms with E-state index in [1.807, 2.05) is 4.90 Å². The molecule has 0 aromatic carbocycles. The third kappa shape index (κ3) is 3.64. The van der Waals surface area contributed by atoms with Gasteiger partial charge in [0.1, 0.15) is 5.82 Å². The molecule has 3 heterocycles. The first-order valence-electron chi connectivity index (χ1n) is 7.81. The Labute approximate surface area is 138 Å². The van der Waals surface area contributed by atoms with Crippen molar-refractivity contribution in [2.24, 2.45) is 0 Å². The fraction of sp³-hybridized carbons (Fsp3) is 0.438. The van der Waals surface area contributed by atoms with Crippen LogP contribution in [0.2, 0.25) is 0 Å². The summed E-state index contributed by atoms with van der Waals surface area (Å²) in [7, 11) is 0. The minimum atomic E-state index is -4.51. The molecule has 0 saturated carbocycles. The number of pyridine rings is 1. The van der Waals surface area contributed by atoms with Crippen molar-refractivity contribution in [2.45, 2.75) is 13.1 Å². The molecule has 5 nitrogen and oxygen atoms in total. The Hall–Kier alpha value is -2.22. The fourth-order valence-corrected chi connectivity index (χ4v) is 2.66. The molecule has 0 bridgehead atoms. The van der Waals surface area contributed by atoms with E-state index in [1.165, 1.54) is 6.20 Å². The molecule has 0 radical (unpaired) electrons. The summed E-state index contributed by atoms with van der Waals surface area (Å²) in [5, 5.41) is 0. The van der Waals surface area contributed by atoms with Crippen LogP contribution in [0.5, 0.6) is 0 Å². The van der Waals surface area contributed by atoms with Crippen molar-refractivity contribution >= 4 is 5.82 Å². The number of nitrogens with zero attached hydrogens (tertiary/aromatic N) is 5. The predicted molar refractivity (Wildman–Crippen MR) is 84.6 cm³/mol. The molecule has 0 spiro atoms. The molecule has 1 aliphatic heterocycles. The van der Waals surface area contributed by atoms with Crippen LogP contribution in [-0.4, -0.2) is 52.6 Å². The molecule has 0 amide bonds. The zero-order valence-electron chi connectivity index (χ0n) is 13.3. The van der Waals surface area contributed by atoms with Crippen molar-refractivity contribution < 1.29 is 13.2 Å². The summed E-state index contributed by atoms with van der Waals surface area (Å²) in [4.78, 5) is 16.1. The summed E-state index contributed by atoms with van der Waals surface area (Å²) >= 11 is 0. The molecule has 0 atom stereocenters. The first-order chi connectivity index (χ1) is 11.5. The second kappa shape index (κ2) is 6.72. The largest absolute Gasteiger partial charge is 0.433 e. The van der Waals surface area contributed by atoms with Gasteiger partial charge in [-0.2, -0.15) is 13.2 Å². The molecular weight excluding hydrogens is 319 g/mol. The smallest absolute Gasteiger partial charge is 0.354 e. The average molecular weight is 337 g/mol. The number of aromatic nitrogens is 3. The molecule has 8 heteroatoms. The molecule has 0 unspecified atom stereocenters. The zero-order chi connectivity index (χ0) is 17.2. The third-order valence-corrected chi connectivity index (χ3v) is 4.07. The highest BCUT2D eigenvalue weighted by Gasteiger charge is 2.34. The lowest BCUT2D eigenvalue weighted by molar-refractivity contribution is -0.141. The molecule has 1 fully saturated rings. The number of likely N-dealkylation sites (N-methyl/N-ethyl adjacent to an activating group) is 1. The van der Waals surface area contributed by atoms with Crippen LogP contribution in [0.4, 0.5) is 19.0 Å². The van der Waals surface area contributed by atoms with Gasteiger partial charge in [0.15, 0.2) is 11.5 Å². The lowest BCUT2D eigenvalue weighted by Gasteiger charge is -2.35. The molecule has 1 aliphatic rings. The summed E-state index contributed by atoms with van der Waals surface area (Å²) in [5.74, 6) is 0.359. The van der Waals surface area contributed by atoms with Crippen molar-refractivity contribution in [3.63, 3.8) is 0 Å². The van der Waals surface area contributed by atoms with Gasteiger partial charge in [0, 0.05) is 50.2 Å². The van der Waals surface area contributed by atoms with Gasteiger partial charge in [0.25, 0.3) is 0 Å². The van der Waals surface area contributed by atoms with Crippen LogP contribution in [-0.2, 0) is 6.18 Å². The van der Waals surface area contributed by atoms with Gasteiger partial charge < -0.3 is 9.80 Å². The molecule has 0 N–H and O–H groups in total. The van der Waals surface area contributed by atoms with Gasteiger partial charge in [0.05, 0.1) is 0 Å². The van der Waals surface area contributed by atoms with E-state index < -0.39 is 11.9 Å². The van der Waals surface area contributed by atoms with Crippen LogP contribution >= 0.6 is 0 Å². The van der Waals surface area contributed by atoms with Crippen LogP contribution in [0.3, 0.4) is 0 Å². The highest BCUT2D eigenvalue weighted by atomic mass is 19.4. The Morgan fingerprint density at radius 1 is 1.12 bits per heavy atom. The van der Waals surface area contributed by atoms with E-state index in [0.717, 1.165) is 25.7 Å². The predicted octanol–water partition coefficient (Wildman–Crippen LogP) is 2.70. The molecule has 0 aliphatic carbocycles. The Bertz CT molecular complexity index is 682. The minimum absolute atomic E-state index is 0.0471. The van der Waals surface area contributed by atoms with Crippen molar-refractivity contribution in [1.82, 2.24) is 19.9 Å². The highest BCUT2D eigenvalue weighted by molar-refractivity contribution is 5.57. The number of hydrogen-bond donors (Lipinski definition) is 0. The molecule has 1 saturated heterocycles. The maximum absolute atomic E-state index is 13.2. The first-order valence-corrected chi connectivity index (χ1v) is 7.81. The SMILES string of the molecule is CCN1CCN(c2cc(C(F)(F)F)nc(-c3cccnc3)n2)CC1. The summed E-state index contributed by atoms with van der Waals surface area (Å²) in [6.45, 7) is 5.92. The zero-order valence-corrected chi connectivity index (χ0v) is 13.3. The van der Waals surface area contributed by atoms with Gasteiger partial charge in [-0.25, -0.2) is 9.97 Å². The van der Waals surface area contributed by atoms with Gasteiger partial charge >= 0.3 is 6.18 Å². The second-order valence-electron chi connectivity index (χ2n) is 5.60. The molecule has 128 valence electrons. The van der Waals surface area contributed by atoms with E-state index in [4.69, 9.17) is 0 Å². The van der Waals surface area contributed by atoms with Crippen molar-refractivity contribution in [3.05, 3.63) is 36.3 Å². The lowest BCUT2D eigenvalue weighted by Crippen LogP contribution is -2.46. The molecule has 3 rings (SSSR count). The van der Waals surface area contributed by atoms with Crippen LogP contribution < -0.4 is 4.90 Å². The van der Waals surface area contributed by atoms with Crippen LogP contribution in [0.1, 0.15) is 12.6 Å². The van der Waals surface area contributed by atoms with Gasteiger partial charge in [-0.3, -0.25) is 4.98 Å². The van der Waals surface area contributed by atoms with Crippen molar-refractivity contribution in [2.75, 3.05) is 37.6 Å². The number of alkyl halides is 3. The third-order valence-electron chi connectivity index (χ3n) is 4.07. The monoisotopic (exact) mass is 337 g/mol. The maximum atomic E-state index is 13.2. The van der Waals surface area contributed by atoms with Crippen molar-refractivity contribution in [3.8, 4) is 11.4 Å². The maximum Gasteiger partial charge on any atom is 0.433 e. The summed E-state index contributed by atoms with van der Waals surface area (Å²) in [6, 6.07) is 4.33. The second-order valence-corrected chi connectivity index (χ2v) is 5.60. The summed E-state index contributed by atoms with van der Waals surface area (Å²) in [6.07, 6.45) is -1.49. The molecule has 2 aromatic heterocycles. The highest BCUT2D eigenvalue weighted by Crippen LogP contribution is 2.31. The fourth-order valence-electron chi connectivity index (χ4n) is 2.66. The number of piperazine rings is 1. The number of anilines is 1. The van der Waals surface area contributed by atoms with E-state index in [-0.39, 0.29) is 5.82 Å². The molecule has 2 aromatic rings. The molecular formula is C16H18F3N5. The quantitative estimate of drug-likeness (QED) is 0.862. The van der Waals surface area contributed by atoms with E-state index in [2.05, 4.69) is 26.8 Å². The van der Waals surface area contributed by atoms with E-state index in [0.29, 0.717) is 24.5 Å². The topological polar surface area (TPSA) is 45.2 Å². The van der Waals surface area contributed by atoms with Crippen LogP contribution in [0.15, 0.2) is 30.6 Å². The minimum Gasteiger partial charge on any atom is -0.354 e. The van der Waals surface area contributed by atoms with Crippen LogP contribution in [0, 0.1) is 0 Å². The van der Waals surface area contributed by atoms with E-state index >= 15 is 0 Å². The Balaban J connectivity index is 1.97. The normalized spacial score (nSPS) is 16.4. The van der Waals surface area contributed by atoms with Gasteiger partial charge in [-0.05, 0) is 18.7 Å². The summed E-state index contributed by atoms with van der Waals surface area (Å²) in [5.41, 5.74) is -0.457. The number of rotatable bonds is 3. The van der Waals surface area contributed by atoms with Crippen LogP contribution in [0.25, 0.3) is 11.4 Å². The number of hydrogen-bond acceptors (Lipinski definition) is 5. The standard InChI is InChI=1S/C16H18F3N5/c1-2-23-6-8-24(9-7-23)14-10-13(16(17,18)19)21-15(22-14)12-4-3-5-20-11-12/h3-5,10-11H,2,6-9H2,1H3. The number of halogens is 3. The average Bonchev–Trinajstić information content (AvgIpc) is 2.61. The Morgan fingerprint density at radius 3 is 2.46 bits per heavy atom. The van der Waals surface area contributed by atoms with Crippen molar-refractivity contribution in [1.29, 1.82) is 0 Å². The van der Waals surface area contributed by atoms with E-state index in [1.54, 1.807) is 18.3 Å². The Morgan fingerprint density at radius 2 is 1.88 bits per heavy atom. The summed E-state index contributed by atoms with van der Waals surface area (Å²) < 4.78 is 39.6. The van der Waals surface area contributed by atoms with Gasteiger partial charge in [-0.1, -0.05) is 6.92 Å². The lowest BCUT2D eigenvalue weighted by atomic mass is 10.2. The van der Waals surface area contributed by atoms with Gasteiger partial charge in [0.2, 0.25) is 0 Å². The van der Waals surface area contributed by atoms with Gasteiger partial charge in [-0.15, -0.1) is 0 Å². The van der Waals surface area contributed by atoms with E-state index in [9.17, 15) is 13.2 Å². The molecule has 24 heavy (non-hydrogen) atoms. The first kappa shape index (κ1) is 16.6.